The van der Waals surface area contributed by atoms with Crippen LogP contribution in [0.5, 0.6) is 5.75 Å². The standard InChI is InChI=1S/C18H21N3O5S2/c1-3-4-13-11(5-6-12(10(2)23)15(13)24)9-27-18-21-20-17(28-18)19-14(7-8-22)16(25)26/h5-6,8,14,24H,3-4,7,9H2,1-2H3,(H,19,20)(H,25,26). The molecule has 0 saturated carbocycles. The molecular weight excluding hydrogens is 402 g/mol. The number of aromatic nitrogens is 2. The highest BCUT2D eigenvalue weighted by Crippen LogP contribution is 2.34. The summed E-state index contributed by atoms with van der Waals surface area (Å²) in [5.41, 5.74) is 1.97. The SMILES string of the molecule is CCCc1c(CSc2nnc(NC(CC=O)C(=O)O)s2)ccc(C(C)=O)c1O. The Bertz CT molecular complexity index is 869. The van der Waals surface area contributed by atoms with Crippen molar-refractivity contribution in [2.75, 3.05) is 5.32 Å². The third-order valence-corrected chi connectivity index (χ3v) is 5.98. The van der Waals surface area contributed by atoms with Crippen LogP contribution >= 0.6 is 23.1 Å². The second kappa shape index (κ2) is 10.2. The first-order chi connectivity index (χ1) is 13.4. The number of anilines is 1. The van der Waals surface area contributed by atoms with Gasteiger partial charge in [-0.2, -0.15) is 0 Å². The van der Waals surface area contributed by atoms with E-state index in [0.29, 0.717) is 33.5 Å². The Labute approximate surface area is 170 Å². The highest BCUT2D eigenvalue weighted by molar-refractivity contribution is 8.00. The normalized spacial score (nSPS) is 11.8. The van der Waals surface area contributed by atoms with Crippen LogP contribution in [-0.4, -0.2) is 44.5 Å². The summed E-state index contributed by atoms with van der Waals surface area (Å²) in [4.78, 5) is 33.3. The van der Waals surface area contributed by atoms with Crippen LogP contribution in [0, 0.1) is 0 Å². The zero-order chi connectivity index (χ0) is 20.7. The number of carboxylic acids is 1. The largest absolute Gasteiger partial charge is 0.507 e. The van der Waals surface area contributed by atoms with Crippen LogP contribution in [0.3, 0.4) is 0 Å². The van der Waals surface area contributed by atoms with Crippen molar-refractivity contribution >= 4 is 46.3 Å². The molecule has 0 amide bonds. The quantitative estimate of drug-likeness (QED) is 0.283. The van der Waals surface area contributed by atoms with Crippen LogP contribution in [0.4, 0.5) is 5.13 Å². The van der Waals surface area contributed by atoms with Crippen molar-refractivity contribution < 1.29 is 24.6 Å². The molecule has 150 valence electrons. The highest BCUT2D eigenvalue weighted by Gasteiger charge is 2.19. The lowest BCUT2D eigenvalue weighted by Crippen LogP contribution is -2.29. The number of hydrogen-bond acceptors (Lipinski definition) is 9. The molecule has 0 aliphatic rings. The van der Waals surface area contributed by atoms with Gasteiger partial charge in [0.2, 0.25) is 5.13 Å². The van der Waals surface area contributed by atoms with Gasteiger partial charge in [-0.3, -0.25) is 4.79 Å². The van der Waals surface area contributed by atoms with E-state index in [1.54, 1.807) is 6.07 Å². The fourth-order valence-electron chi connectivity index (χ4n) is 2.56. The lowest BCUT2D eigenvalue weighted by atomic mass is 9.98. The molecule has 2 rings (SSSR count). The van der Waals surface area contributed by atoms with Gasteiger partial charge in [0.05, 0.1) is 5.56 Å². The van der Waals surface area contributed by atoms with Crippen LogP contribution in [0.15, 0.2) is 16.5 Å². The van der Waals surface area contributed by atoms with Gasteiger partial charge in [-0.15, -0.1) is 10.2 Å². The van der Waals surface area contributed by atoms with E-state index in [1.807, 2.05) is 13.0 Å². The minimum absolute atomic E-state index is 0.0326. The van der Waals surface area contributed by atoms with Gasteiger partial charge in [0, 0.05) is 12.2 Å². The Kier molecular flexibility index (Phi) is 7.94. The average molecular weight is 424 g/mol. The predicted molar refractivity (Wildman–Crippen MR) is 107 cm³/mol. The zero-order valence-electron chi connectivity index (χ0n) is 15.5. The fraction of sp³-hybridized carbons (Fsp3) is 0.389. The fourth-order valence-corrected chi connectivity index (χ4v) is 4.39. The van der Waals surface area contributed by atoms with Crippen LogP contribution in [0.1, 0.15) is 48.2 Å². The van der Waals surface area contributed by atoms with Crippen molar-refractivity contribution in [2.45, 2.75) is 49.2 Å². The van der Waals surface area contributed by atoms with E-state index in [0.717, 1.165) is 17.5 Å². The maximum Gasteiger partial charge on any atom is 0.326 e. The number of nitrogens with one attached hydrogen (secondary N) is 1. The van der Waals surface area contributed by atoms with E-state index < -0.39 is 12.0 Å². The second-order valence-corrected chi connectivity index (χ2v) is 8.20. The molecule has 0 aliphatic heterocycles. The van der Waals surface area contributed by atoms with E-state index in [1.165, 1.54) is 30.0 Å². The third kappa shape index (κ3) is 5.52. The van der Waals surface area contributed by atoms with Crippen LogP contribution in [0.25, 0.3) is 0 Å². The van der Waals surface area contributed by atoms with Crippen molar-refractivity contribution in [3.63, 3.8) is 0 Å². The van der Waals surface area contributed by atoms with Gasteiger partial charge in [0.1, 0.15) is 18.1 Å². The molecule has 1 unspecified atom stereocenters. The number of carbonyl (C=O) groups is 3. The number of nitrogens with zero attached hydrogens (tertiary/aromatic N) is 2. The number of thioether (sulfide) groups is 1. The first kappa shape index (κ1) is 21.8. The lowest BCUT2D eigenvalue weighted by Gasteiger charge is -2.13. The van der Waals surface area contributed by atoms with Crippen molar-refractivity contribution in [1.29, 1.82) is 0 Å². The van der Waals surface area contributed by atoms with Gasteiger partial charge in [-0.1, -0.05) is 42.5 Å². The number of aromatic hydroxyl groups is 1. The number of hydrogen-bond donors (Lipinski definition) is 3. The Morgan fingerprint density at radius 1 is 1.36 bits per heavy atom. The Hall–Kier alpha value is -2.46. The van der Waals surface area contributed by atoms with Crippen molar-refractivity contribution in [3.05, 3.63) is 28.8 Å². The molecule has 0 saturated heterocycles. The number of ketones is 1. The molecule has 0 radical (unpaired) electrons. The van der Waals surface area contributed by atoms with Crippen LogP contribution in [0.2, 0.25) is 0 Å². The third-order valence-electron chi connectivity index (χ3n) is 3.94. The van der Waals surface area contributed by atoms with Gasteiger partial charge < -0.3 is 20.3 Å². The molecule has 0 fully saturated rings. The smallest absolute Gasteiger partial charge is 0.326 e. The van der Waals surface area contributed by atoms with Crippen molar-refractivity contribution in [1.82, 2.24) is 10.2 Å². The molecule has 2 aromatic rings. The maximum atomic E-state index is 11.6. The van der Waals surface area contributed by atoms with E-state index >= 15 is 0 Å². The first-order valence-electron chi connectivity index (χ1n) is 8.61. The van der Waals surface area contributed by atoms with Crippen molar-refractivity contribution in [2.24, 2.45) is 0 Å². The lowest BCUT2D eigenvalue weighted by molar-refractivity contribution is -0.138. The molecule has 8 nitrogen and oxygen atoms in total. The first-order valence-corrected chi connectivity index (χ1v) is 10.4. The summed E-state index contributed by atoms with van der Waals surface area (Å²) in [6.07, 6.45) is 1.85. The van der Waals surface area contributed by atoms with Gasteiger partial charge >= 0.3 is 5.97 Å². The number of phenols is 1. The summed E-state index contributed by atoms with van der Waals surface area (Å²) in [6, 6.07) is 2.41. The summed E-state index contributed by atoms with van der Waals surface area (Å²) >= 11 is 2.59. The number of carbonyl (C=O) groups excluding carboxylic acids is 2. The number of carboxylic acid groups (broad SMARTS) is 1. The van der Waals surface area contributed by atoms with Gasteiger partial charge in [-0.25, -0.2) is 4.79 Å². The molecule has 0 spiro atoms. The highest BCUT2D eigenvalue weighted by atomic mass is 32.2. The number of benzene rings is 1. The number of aldehydes is 1. The van der Waals surface area contributed by atoms with Crippen LogP contribution in [-0.2, 0) is 21.8 Å². The molecule has 28 heavy (non-hydrogen) atoms. The summed E-state index contributed by atoms with van der Waals surface area (Å²) in [7, 11) is 0. The average Bonchev–Trinajstić information content (AvgIpc) is 3.09. The molecule has 10 heteroatoms. The van der Waals surface area contributed by atoms with Gasteiger partial charge in [-0.05, 0) is 30.5 Å². The summed E-state index contributed by atoms with van der Waals surface area (Å²) in [5.74, 6) is -0.768. The Balaban J connectivity index is 2.11. The zero-order valence-corrected chi connectivity index (χ0v) is 17.1. The van der Waals surface area contributed by atoms with Gasteiger partial charge in [0.15, 0.2) is 10.1 Å². The molecule has 1 heterocycles. The number of phenolic OH excluding ortho intramolecular Hbond substituents is 1. The van der Waals surface area contributed by atoms with E-state index in [2.05, 4.69) is 15.5 Å². The molecule has 0 bridgehead atoms. The minimum Gasteiger partial charge on any atom is -0.507 e. The van der Waals surface area contributed by atoms with Gasteiger partial charge in [0.25, 0.3) is 0 Å². The molecule has 1 atom stereocenters. The van der Waals surface area contributed by atoms with Crippen molar-refractivity contribution in [3.8, 4) is 5.75 Å². The summed E-state index contributed by atoms with van der Waals surface area (Å²) < 4.78 is 0.621. The molecule has 3 N–H and O–H groups in total. The summed E-state index contributed by atoms with van der Waals surface area (Å²) in [6.45, 7) is 3.42. The maximum absolute atomic E-state index is 11.6. The number of Topliss-reactive ketones (excluding diaryl/α,β-unsaturated/α-hetero) is 1. The van der Waals surface area contributed by atoms with E-state index in [-0.39, 0.29) is 18.0 Å². The Morgan fingerprint density at radius 2 is 2.11 bits per heavy atom. The summed E-state index contributed by atoms with van der Waals surface area (Å²) in [5, 5.41) is 30.4. The monoisotopic (exact) mass is 423 g/mol. The number of rotatable bonds is 11. The van der Waals surface area contributed by atoms with Crippen LogP contribution < -0.4 is 5.32 Å². The molecule has 1 aromatic carbocycles. The molecule has 1 aromatic heterocycles. The topological polar surface area (TPSA) is 129 Å². The van der Waals surface area contributed by atoms with E-state index in [4.69, 9.17) is 5.11 Å². The molecular formula is C18H21N3O5S2. The second-order valence-electron chi connectivity index (χ2n) is 6.00. The predicted octanol–water partition coefficient (Wildman–Crippen LogP) is 3.15. The Morgan fingerprint density at radius 3 is 2.71 bits per heavy atom. The minimum atomic E-state index is -1.14. The van der Waals surface area contributed by atoms with E-state index in [9.17, 15) is 19.5 Å². The molecule has 0 aliphatic carbocycles. The number of aliphatic carboxylic acids is 1.